The quantitative estimate of drug-likeness (QED) is 0.313. The van der Waals surface area contributed by atoms with Crippen molar-refractivity contribution < 1.29 is 27.4 Å². The van der Waals surface area contributed by atoms with Crippen LogP contribution < -0.4 is 14.8 Å². The summed E-state index contributed by atoms with van der Waals surface area (Å²) in [7, 11) is 0. The zero-order valence-electron chi connectivity index (χ0n) is 21.2. The fraction of sp³-hybridized carbons (Fsp3) is 0.233. The minimum Gasteiger partial charge on any atom is -0.454 e. The number of likely N-dealkylation sites (tertiary alicyclic amines) is 1. The molecule has 1 atom stereocenters. The number of halogens is 3. The highest BCUT2D eigenvalue weighted by Crippen LogP contribution is 2.37. The van der Waals surface area contributed by atoms with Crippen LogP contribution in [0.3, 0.4) is 0 Å². The average molecular weight is 545 g/mol. The summed E-state index contributed by atoms with van der Waals surface area (Å²) < 4.78 is 49.7. The van der Waals surface area contributed by atoms with Crippen molar-refractivity contribution in [2.45, 2.75) is 31.6 Å². The van der Waals surface area contributed by atoms with E-state index in [0.29, 0.717) is 52.3 Å². The van der Waals surface area contributed by atoms with Gasteiger partial charge in [-0.3, -0.25) is 4.79 Å². The number of nitriles is 1. The smallest absolute Gasteiger partial charge is 0.416 e. The maximum Gasteiger partial charge on any atom is 0.416 e. The Morgan fingerprint density at radius 1 is 1.02 bits per heavy atom. The van der Waals surface area contributed by atoms with Crippen LogP contribution in [0.15, 0.2) is 66.7 Å². The van der Waals surface area contributed by atoms with Gasteiger partial charge in [0.05, 0.1) is 22.7 Å². The lowest BCUT2D eigenvalue weighted by Crippen LogP contribution is -2.34. The van der Waals surface area contributed by atoms with Crippen molar-refractivity contribution in [2.75, 3.05) is 18.7 Å². The lowest BCUT2D eigenvalue weighted by atomic mass is 9.99. The first kappa shape index (κ1) is 25.5. The summed E-state index contributed by atoms with van der Waals surface area (Å²) in [6, 6.07) is 19.5. The molecule has 2 aliphatic rings. The van der Waals surface area contributed by atoms with E-state index >= 15 is 0 Å². The van der Waals surface area contributed by atoms with Crippen LogP contribution in [0.2, 0.25) is 0 Å². The Hall–Kier alpha value is -4.78. The Labute approximate surface area is 227 Å². The largest absolute Gasteiger partial charge is 0.454 e. The van der Waals surface area contributed by atoms with E-state index in [1.807, 2.05) is 36.4 Å². The zero-order valence-corrected chi connectivity index (χ0v) is 21.2. The van der Waals surface area contributed by atoms with E-state index in [-0.39, 0.29) is 19.2 Å². The summed E-state index contributed by atoms with van der Waals surface area (Å²) in [6.45, 7) is 0.859. The van der Waals surface area contributed by atoms with Crippen LogP contribution in [0.1, 0.15) is 34.3 Å². The third kappa shape index (κ3) is 4.86. The lowest BCUT2D eigenvalue weighted by Gasteiger charge is -2.21. The van der Waals surface area contributed by atoms with Crippen molar-refractivity contribution in [3.63, 3.8) is 0 Å². The maximum absolute atomic E-state index is 13.8. The van der Waals surface area contributed by atoms with E-state index in [0.717, 1.165) is 29.7 Å². The minimum atomic E-state index is -4.41. The molecule has 202 valence electrons. The molecule has 1 saturated heterocycles. The van der Waals surface area contributed by atoms with Crippen LogP contribution in [0.4, 0.5) is 19.0 Å². The minimum absolute atomic E-state index is 0.164. The fourth-order valence-corrected chi connectivity index (χ4v) is 5.05. The van der Waals surface area contributed by atoms with Gasteiger partial charge in [0, 0.05) is 18.5 Å². The number of aromatic nitrogens is 1. The van der Waals surface area contributed by atoms with Gasteiger partial charge in [-0.15, -0.1) is 0 Å². The van der Waals surface area contributed by atoms with Gasteiger partial charge in [-0.05, 0) is 72.0 Å². The molecule has 0 saturated carbocycles. The van der Waals surface area contributed by atoms with Crippen molar-refractivity contribution >= 4 is 22.6 Å². The number of ether oxygens (including phenoxy) is 2. The van der Waals surface area contributed by atoms with E-state index in [4.69, 9.17) is 9.47 Å². The predicted octanol–water partition coefficient (Wildman–Crippen LogP) is 6.39. The second-order valence-corrected chi connectivity index (χ2v) is 9.69. The van der Waals surface area contributed by atoms with Gasteiger partial charge in [0.25, 0.3) is 5.91 Å². The zero-order chi connectivity index (χ0) is 27.9. The van der Waals surface area contributed by atoms with Gasteiger partial charge in [-0.25, -0.2) is 4.98 Å². The van der Waals surface area contributed by atoms with E-state index < -0.39 is 17.8 Å². The summed E-state index contributed by atoms with van der Waals surface area (Å²) in [6.07, 6.45) is -3.04. The number of alkyl halides is 3. The summed E-state index contributed by atoms with van der Waals surface area (Å²) in [5.41, 5.74) is 2.60. The molecule has 1 amide bonds. The maximum atomic E-state index is 13.8. The van der Waals surface area contributed by atoms with Crippen LogP contribution in [0, 0.1) is 11.3 Å². The Kier molecular flexibility index (Phi) is 6.42. The number of nitrogens with zero attached hydrogens (tertiary/aromatic N) is 3. The molecule has 4 aromatic rings. The number of anilines is 1. The van der Waals surface area contributed by atoms with Crippen molar-refractivity contribution in [3.8, 4) is 28.7 Å². The average Bonchev–Trinajstić information content (AvgIpc) is 3.64. The van der Waals surface area contributed by atoms with Crippen LogP contribution in [0.5, 0.6) is 11.5 Å². The van der Waals surface area contributed by atoms with Crippen LogP contribution >= 0.6 is 0 Å². The van der Waals surface area contributed by atoms with E-state index in [1.165, 1.54) is 12.1 Å². The topological polar surface area (TPSA) is 87.5 Å². The number of nitrogens with one attached hydrogen (secondary N) is 1. The molecule has 2 aliphatic heterocycles. The van der Waals surface area contributed by atoms with Crippen molar-refractivity contribution in [1.29, 1.82) is 5.26 Å². The number of benzene rings is 3. The highest BCUT2D eigenvalue weighted by Gasteiger charge is 2.31. The third-order valence-electron chi connectivity index (χ3n) is 7.16. The number of hydrogen-bond donors (Lipinski definition) is 1. The molecule has 3 aromatic carbocycles. The van der Waals surface area contributed by atoms with Crippen molar-refractivity contribution in [1.82, 2.24) is 9.88 Å². The highest BCUT2D eigenvalue weighted by molar-refractivity contribution is 6.08. The molecule has 0 aliphatic carbocycles. The molecule has 6 rings (SSSR count). The molecule has 10 heteroatoms. The molecule has 0 radical (unpaired) electrons. The molecule has 0 spiro atoms. The number of pyridine rings is 1. The summed E-state index contributed by atoms with van der Waals surface area (Å²) in [5.74, 6) is 1.45. The monoisotopic (exact) mass is 544 g/mol. The molecule has 0 unspecified atom stereocenters. The van der Waals surface area contributed by atoms with Crippen LogP contribution in [-0.4, -0.2) is 35.2 Å². The third-order valence-corrected chi connectivity index (χ3v) is 7.16. The number of hydrogen-bond acceptors (Lipinski definition) is 6. The normalized spacial score (nSPS) is 16.2. The van der Waals surface area contributed by atoms with E-state index in [2.05, 4.69) is 16.4 Å². The molecule has 1 fully saturated rings. The first-order chi connectivity index (χ1) is 19.3. The summed E-state index contributed by atoms with van der Waals surface area (Å²) in [4.78, 5) is 20.0. The van der Waals surface area contributed by atoms with Crippen LogP contribution in [0.25, 0.3) is 22.0 Å². The molecule has 0 bridgehead atoms. The number of amides is 1. The second-order valence-electron chi connectivity index (χ2n) is 9.69. The molecular weight excluding hydrogens is 521 g/mol. The summed E-state index contributed by atoms with van der Waals surface area (Å²) >= 11 is 0. The van der Waals surface area contributed by atoms with E-state index in [1.54, 1.807) is 11.0 Å². The number of rotatable bonds is 5. The standard InChI is InChI=1S/C30H23F3N4O3/c31-30(32,33)21-7-3-18(4-8-21)16-35-28-14-24(29(38)37-11-1-2-22(37)15-34)23-12-19(5-9-25(23)36-28)20-6-10-26-27(13-20)40-17-39-26/h3-10,12-14,22H,1-2,11,16-17H2,(H,35,36)/t22-/m0/s1. The second kappa shape index (κ2) is 10.1. The molecule has 40 heavy (non-hydrogen) atoms. The summed E-state index contributed by atoms with van der Waals surface area (Å²) in [5, 5.41) is 13.4. The Morgan fingerprint density at radius 2 is 1.77 bits per heavy atom. The van der Waals surface area contributed by atoms with Gasteiger partial charge in [0.2, 0.25) is 6.79 Å². The SMILES string of the molecule is N#C[C@@H]1CCCN1C(=O)c1cc(NCc2ccc(C(F)(F)F)cc2)nc2ccc(-c3ccc4c(c3)OCO4)cc12. The number of fused-ring (bicyclic) bond motifs is 2. The molecule has 1 aromatic heterocycles. The number of carbonyl (C=O) groups is 1. The van der Waals surface area contributed by atoms with E-state index in [9.17, 15) is 23.2 Å². The molecule has 7 nitrogen and oxygen atoms in total. The van der Waals surface area contributed by atoms with Crippen molar-refractivity contribution in [2.24, 2.45) is 0 Å². The van der Waals surface area contributed by atoms with Gasteiger partial charge in [0.15, 0.2) is 11.5 Å². The first-order valence-electron chi connectivity index (χ1n) is 12.8. The Balaban J connectivity index is 1.36. The fourth-order valence-electron chi connectivity index (χ4n) is 5.05. The molecule has 1 N–H and O–H groups in total. The Bertz CT molecular complexity index is 1650. The predicted molar refractivity (Wildman–Crippen MR) is 142 cm³/mol. The van der Waals surface area contributed by atoms with Gasteiger partial charge < -0.3 is 19.7 Å². The Morgan fingerprint density at radius 3 is 2.55 bits per heavy atom. The van der Waals surface area contributed by atoms with Gasteiger partial charge >= 0.3 is 6.18 Å². The number of carbonyl (C=O) groups excluding carboxylic acids is 1. The highest BCUT2D eigenvalue weighted by atomic mass is 19.4. The lowest BCUT2D eigenvalue weighted by molar-refractivity contribution is -0.137. The van der Waals surface area contributed by atoms with Gasteiger partial charge in [-0.2, -0.15) is 18.4 Å². The van der Waals surface area contributed by atoms with Gasteiger partial charge in [0.1, 0.15) is 11.9 Å². The van der Waals surface area contributed by atoms with Crippen LogP contribution in [-0.2, 0) is 12.7 Å². The van der Waals surface area contributed by atoms with Crippen molar-refractivity contribution in [3.05, 3.63) is 83.4 Å². The molecule has 3 heterocycles. The van der Waals surface area contributed by atoms with Gasteiger partial charge in [-0.1, -0.05) is 24.3 Å². The molecular formula is C30H23F3N4O3. The first-order valence-corrected chi connectivity index (χ1v) is 12.8.